The lowest BCUT2D eigenvalue weighted by atomic mass is 9.98. The summed E-state index contributed by atoms with van der Waals surface area (Å²) in [7, 11) is 1.71. The van der Waals surface area contributed by atoms with E-state index in [2.05, 4.69) is 55.6 Å². The minimum atomic E-state index is 0.100. The highest BCUT2D eigenvalue weighted by Gasteiger charge is 2.30. The fourth-order valence-electron chi connectivity index (χ4n) is 2.99. The number of nitrogens with two attached hydrogens (primary N) is 1. The molecule has 3 nitrogen and oxygen atoms in total. The standard InChI is InChI=1S/C17H28N2OS/c1-13(18)16(14-6-5-7-15(12-14)20-4)19-9-8-17(2,3)21-11-10-19/h5-7,12-13,16H,8-11,18H2,1-4H3. The Kier molecular flexibility index (Phi) is 5.58. The maximum atomic E-state index is 6.32. The Balaban J connectivity index is 2.22. The average Bonchev–Trinajstić information content (AvgIpc) is 2.60. The van der Waals surface area contributed by atoms with Gasteiger partial charge >= 0.3 is 0 Å². The van der Waals surface area contributed by atoms with Gasteiger partial charge in [0.15, 0.2) is 0 Å². The van der Waals surface area contributed by atoms with Gasteiger partial charge in [0.05, 0.1) is 7.11 Å². The van der Waals surface area contributed by atoms with Gasteiger partial charge in [0.25, 0.3) is 0 Å². The molecule has 0 aromatic heterocycles. The first kappa shape index (κ1) is 16.7. The van der Waals surface area contributed by atoms with E-state index in [-0.39, 0.29) is 12.1 Å². The Morgan fingerprint density at radius 1 is 1.33 bits per heavy atom. The third-order valence-corrected chi connectivity index (χ3v) is 5.57. The molecule has 2 atom stereocenters. The van der Waals surface area contributed by atoms with Crippen LogP contribution in [-0.4, -0.2) is 41.6 Å². The number of hydrogen-bond donors (Lipinski definition) is 1. The van der Waals surface area contributed by atoms with Gasteiger partial charge in [-0.15, -0.1) is 0 Å². The average molecular weight is 308 g/mol. The van der Waals surface area contributed by atoms with Crippen molar-refractivity contribution in [1.82, 2.24) is 4.90 Å². The van der Waals surface area contributed by atoms with Gasteiger partial charge in [-0.1, -0.05) is 26.0 Å². The van der Waals surface area contributed by atoms with E-state index in [1.165, 1.54) is 17.7 Å². The zero-order valence-electron chi connectivity index (χ0n) is 13.6. The number of rotatable bonds is 4. The molecule has 118 valence electrons. The lowest BCUT2D eigenvalue weighted by molar-refractivity contribution is 0.184. The fraction of sp³-hybridized carbons (Fsp3) is 0.647. The van der Waals surface area contributed by atoms with Gasteiger partial charge in [0, 0.05) is 35.7 Å². The van der Waals surface area contributed by atoms with Crippen molar-refractivity contribution in [1.29, 1.82) is 0 Å². The SMILES string of the molecule is COc1cccc(C(C(C)N)N2CCSC(C)(C)CC2)c1. The van der Waals surface area contributed by atoms with Crippen molar-refractivity contribution in [2.24, 2.45) is 5.73 Å². The van der Waals surface area contributed by atoms with Crippen molar-refractivity contribution in [3.05, 3.63) is 29.8 Å². The van der Waals surface area contributed by atoms with Gasteiger partial charge < -0.3 is 10.5 Å². The first-order chi connectivity index (χ1) is 9.93. The number of hydrogen-bond acceptors (Lipinski definition) is 4. The smallest absolute Gasteiger partial charge is 0.119 e. The number of thioether (sulfide) groups is 1. The fourth-order valence-corrected chi connectivity index (χ4v) is 4.10. The molecular weight excluding hydrogens is 280 g/mol. The minimum absolute atomic E-state index is 0.100. The maximum Gasteiger partial charge on any atom is 0.119 e. The molecule has 1 aliphatic rings. The van der Waals surface area contributed by atoms with Crippen LogP contribution in [0.4, 0.5) is 0 Å². The topological polar surface area (TPSA) is 38.5 Å². The predicted molar refractivity (Wildman–Crippen MR) is 92.1 cm³/mol. The molecule has 0 spiro atoms. The van der Waals surface area contributed by atoms with Crippen molar-refractivity contribution in [2.75, 3.05) is 26.0 Å². The summed E-state index contributed by atoms with van der Waals surface area (Å²) in [5.74, 6) is 2.07. The van der Waals surface area contributed by atoms with Gasteiger partial charge in [-0.3, -0.25) is 4.90 Å². The molecule has 2 unspecified atom stereocenters. The highest BCUT2D eigenvalue weighted by atomic mass is 32.2. The van der Waals surface area contributed by atoms with Crippen LogP contribution in [0.3, 0.4) is 0 Å². The van der Waals surface area contributed by atoms with E-state index in [0.29, 0.717) is 4.75 Å². The second-order valence-electron chi connectivity index (χ2n) is 6.47. The summed E-state index contributed by atoms with van der Waals surface area (Å²) in [5.41, 5.74) is 7.58. The van der Waals surface area contributed by atoms with E-state index >= 15 is 0 Å². The molecule has 1 aromatic rings. The van der Waals surface area contributed by atoms with Gasteiger partial charge in [-0.2, -0.15) is 11.8 Å². The lowest BCUT2D eigenvalue weighted by Crippen LogP contribution is -2.41. The molecule has 1 heterocycles. The Hall–Kier alpha value is -0.710. The van der Waals surface area contributed by atoms with Crippen molar-refractivity contribution in [3.8, 4) is 5.75 Å². The normalized spacial score (nSPS) is 22.3. The molecule has 1 aliphatic heterocycles. The molecule has 0 bridgehead atoms. The molecule has 1 aromatic carbocycles. The highest BCUT2D eigenvalue weighted by Crippen LogP contribution is 2.34. The molecule has 0 amide bonds. The first-order valence-electron chi connectivity index (χ1n) is 7.70. The molecule has 1 fully saturated rings. The molecule has 21 heavy (non-hydrogen) atoms. The molecule has 0 saturated carbocycles. The third kappa shape index (κ3) is 4.38. The summed E-state index contributed by atoms with van der Waals surface area (Å²) >= 11 is 2.07. The second kappa shape index (κ2) is 7.03. The number of nitrogens with zero attached hydrogens (tertiary/aromatic N) is 1. The van der Waals surface area contributed by atoms with Crippen LogP contribution in [0.25, 0.3) is 0 Å². The highest BCUT2D eigenvalue weighted by molar-refractivity contribution is 8.00. The van der Waals surface area contributed by atoms with Crippen LogP contribution < -0.4 is 10.5 Å². The monoisotopic (exact) mass is 308 g/mol. The van der Waals surface area contributed by atoms with Crippen molar-refractivity contribution >= 4 is 11.8 Å². The Bertz CT molecular complexity index is 462. The summed E-state index contributed by atoms with van der Waals surface area (Å²) in [5, 5.41) is 0. The molecular formula is C17H28N2OS. The Morgan fingerprint density at radius 3 is 2.76 bits per heavy atom. The summed E-state index contributed by atoms with van der Waals surface area (Å²) in [6.45, 7) is 8.98. The predicted octanol–water partition coefficient (Wildman–Crippen LogP) is 3.30. The zero-order valence-corrected chi connectivity index (χ0v) is 14.5. The number of benzene rings is 1. The molecule has 1 saturated heterocycles. The number of ether oxygens (including phenoxy) is 1. The van der Waals surface area contributed by atoms with E-state index in [1.807, 2.05) is 6.07 Å². The van der Waals surface area contributed by atoms with Crippen molar-refractivity contribution in [3.63, 3.8) is 0 Å². The third-order valence-electron chi connectivity index (χ3n) is 4.20. The van der Waals surface area contributed by atoms with Gasteiger partial charge in [-0.05, 0) is 31.0 Å². The van der Waals surface area contributed by atoms with Crippen molar-refractivity contribution in [2.45, 2.75) is 44.0 Å². The summed E-state index contributed by atoms with van der Waals surface area (Å²) in [6.07, 6.45) is 1.20. The van der Waals surface area contributed by atoms with E-state index in [4.69, 9.17) is 10.5 Å². The molecule has 0 radical (unpaired) electrons. The summed E-state index contributed by atoms with van der Waals surface area (Å²) in [6, 6.07) is 8.69. The maximum absolute atomic E-state index is 6.32. The van der Waals surface area contributed by atoms with Gasteiger partial charge in [-0.25, -0.2) is 0 Å². The largest absolute Gasteiger partial charge is 0.497 e. The Morgan fingerprint density at radius 2 is 2.10 bits per heavy atom. The number of methoxy groups -OCH3 is 1. The van der Waals surface area contributed by atoms with Crippen LogP contribution in [-0.2, 0) is 0 Å². The molecule has 2 N–H and O–H groups in total. The minimum Gasteiger partial charge on any atom is -0.497 e. The van der Waals surface area contributed by atoms with Gasteiger partial charge in [0.2, 0.25) is 0 Å². The Labute approximate surface area is 133 Å². The van der Waals surface area contributed by atoms with Crippen LogP contribution in [0.5, 0.6) is 5.75 Å². The quantitative estimate of drug-likeness (QED) is 0.926. The molecule has 4 heteroatoms. The molecule has 0 aliphatic carbocycles. The molecule has 2 rings (SSSR count). The first-order valence-corrected chi connectivity index (χ1v) is 8.69. The van der Waals surface area contributed by atoms with E-state index in [0.717, 1.165) is 18.8 Å². The van der Waals surface area contributed by atoms with Crippen molar-refractivity contribution < 1.29 is 4.74 Å². The van der Waals surface area contributed by atoms with Crippen LogP contribution >= 0.6 is 11.8 Å². The van der Waals surface area contributed by atoms with Crippen LogP contribution in [0, 0.1) is 0 Å². The van der Waals surface area contributed by atoms with Crippen LogP contribution in [0.15, 0.2) is 24.3 Å². The second-order valence-corrected chi connectivity index (χ2v) is 8.28. The van der Waals surface area contributed by atoms with E-state index in [1.54, 1.807) is 7.11 Å². The zero-order chi connectivity index (χ0) is 15.5. The van der Waals surface area contributed by atoms with Gasteiger partial charge in [0.1, 0.15) is 5.75 Å². The summed E-state index contributed by atoms with van der Waals surface area (Å²) in [4.78, 5) is 2.54. The summed E-state index contributed by atoms with van der Waals surface area (Å²) < 4.78 is 5.73. The van der Waals surface area contributed by atoms with Crippen LogP contribution in [0.1, 0.15) is 38.8 Å². The lowest BCUT2D eigenvalue weighted by Gasteiger charge is -2.34. The van der Waals surface area contributed by atoms with E-state index in [9.17, 15) is 0 Å². The van der Waals surface area contributed by atoms with Crippen LogP contribution in [0.2, 0.25) is 0 Å². The van der Waals surface area contributed by atoms with E-state index < -0.39 is 0 Å².